The third kappa shape index (κ3) is 35.3. The van der Waals surface area contributed by atoms with Crippen LogP contribution in [-0.2, 0) is 23.9 Å². The van der Waals surface area contributed by atoms with Gasteiger partial charge in [0.05, 0.1) is 5.41 Å². The van der Waals surface area contributed by atoms with Gasteiger partial charge in [-0.05, 0) is 50.5 Å². The highest BCUT2D eigenvalue weighted by atomic mass is 16.5. The highest BCUT2D eigenvalue weighted by molar-refractivity contribution is 5.76. The van der Waals surface area contributed by atoms with Gasteiger partial charge < -0.3 is 24.7 Å². The summed E-state index contributed by atoms with van der Waals surface area (Å²) in [4.78, 5) is 46.8. The lowest BCUT2D eigenvalue weighted by molar-refractivity contribution is -0.149. The van der Waals surface area contributed by atoms with E-state index in [0.717, 1.165) is 32.6 Å². The molecular weight excluding hydrogens is 572 g/mol. The first-order valence-corrected chi connectivity index (χ1v) is 16.0. The summed E-state index contributed by atoms with van der Waals surface area (Å²) in [5, 5.41) is 16.7. The lowest BCUT2D eigenvalue weighted by atomic mass is 9.81. The van der Waals surface area contributed by atoms with Crippen molar-refractivity contribution >= 4 is 23.8 Å². The zero-order valence-electron chi connectivity index (χ0n) is 30.7. The first-order valence-electron chi connectivity index (χ1n) is 16.0. The lowest BCUT2D eigenvalue weighted by Crippen LogP contribution is -2.47. The lowest BCUT2D eigenvalue weighted by Gasteiger charge is -2.32. The van der Waals surface area contributed by atoms with Crippen molar-refractivity contribution in [2.24, 2.45) is 35.0 Å². The molecule has 1 rings (SSSR count). The van der Waals surface area contributed by atoms with E-state index in [-0.39, 0.29) is 30.8 Å². The van der Waals surface area contributed by atoms with Crippen LogP contribution < -0.4 is 0 Å². The molecule has 0 atom stereocenters. The maximum absolute atomic E-state index is 11.6. The van der Waals surface area contributed by atoms with Gasteiger partial charge in [-0.1, -0.05) is 75.2 Å². The van der Waals surface area contributed by atoms with Crippen LogP contribution in [0.15, 0.2) is 0 Å². The fourth-order valence-corrected chi connectivity index (χ4v) is 2.88. The number of likely N-dealkylation sites (N-methyl/N-ethyl adjacent to an activating group) is 1. The summed E-state index contributed by atoms with van der Waals surface area (Å²) in [6.45, 7) is 27.3. The van der Waals surface area contributed by atoms with Gasteiger partial charge in [-0.3, -0.25) is 19.2 Å². The number of esters is 1. The number of hydrogen-bond donors (Lipinski definition) is 2. The molecule has 0 unspecified atom stereocenters. The molecule has 9 nitrogen and oxygen atoms in total. The zero-order valence-corrected chi connectivity index (χ0v) is 30.7. The van der Waals surface area contributed by atoms with Crippen molar-refractivity contribution in [3.8, 4) is 24.7 Å². The Morgan fingerprint density at radius 3 is 1.40 bits per heavy atom. The molecule has 1 saturated heterocycles. The van der Waals surface area contributed by atoms with Gasteiger partial charge in [-0.2, -0.15) is 0 Å². The number of piperazine rings is 1. The van der Waals surface area contributed by atoms with E-state index in [1.807, 2.05) is 46.4 Å². The Hall–Kier alpha value is -3.04. The first kappa shape index (κ1) is 48.9. The topological polar surface area (TPSA) is 124 Å². The van der Waals surface area contributed by atoms with Gasteiger partial charge >= 0.3 is 17.9 Å². The van der Waals surface area contributed by atoms with Crippen molar-refractivity contribution in [1.82, 2.24) is 9.80 Å². The molecule has 9 heteroatoms. The Balaban J connectivity index is -0.000000240. The second-order valence-corrected chi connectivity index (χ2v) is 13.7. The van der Waals surface area contributed by atoms with Crippen LogP contribution in [0, 0.1) is 59.7 Å². The summed E-state index contributed by atoms with van der Waals surface area (Å²) < 4.78 is 4.63. The third-order valence-electron chi connectivity index (χ3n) is 6.43. The molecule has 0 aromatic rings. The second-order valence-electron chi connectivity index (χ2n) is 13.7. The number of carboxylic acid groups (broad SMARTS) is 2. The van der Waals surface area contributed by atoms with Crippen LogP contribution in [0.1, 0.15) is 109 Å². The number of carboxylic acids is 2. The molecule has 1 aliphatic heterocycles. The first-order chi connectivity index (χ1) is 20.5. The number of ether oxygens (including phenoxy) is 1. The smallest absolute Gasteiger partial charge is 0.309 e. The largest absolute Gasteiger partial charge is 0.481 e. The van der Waals surface area contributed by atoms with Gasteiger partial charge in [-0.15, -0.1) is 18.8 Å². The normalized spacial score (nSPS) is 12.7. The molecule has 262 valence electrons. The zero-order chi connectivity index (χ0) is 36.3. The summed E-state index contributed by atoms with van der Waals surface area (Å²) in [6.07, 6.45) is 12.2. The fourth-order valence-electron chi connectivity index (χ4n) is 2.88. The molecule has 2 N–H and O–H groups in total. The number of carbonyl (C=O) groups excluding carboxylic acids is 2. The van der Waals surface area contributed by atoms with E-state index >= 15 is 0 Å². The van der Waals surface area contributed by atoms with Crippen LogP contribution in [0.2, 0.25) is 0 Å². The molecule has 0 aromatic heterocycles. The molecule has 0 spiro atoms. The van der Waals surface area contributed by atoms with Crippen molar-refractivity contribution in [2.45, 2.75) is 109 Å². The van der Waals surface area contributed by atoms with Gasteiger partial charge in [0.25, 0.3) is 0 Å². The molecule has 0 aliphatic carbocycles. The molecule has 0 radical (unpaired) electrons. The minimum Gasteiger partial charge on any atom is -0.481 e. The van der Waals surface area contributed by atoms with Crippen LogP contribution in [0.3, 0.4) is 0 Å². The van der Waals surface area contributed by atoms with Crippen LogP contribution in [0.5, 0.6) is 0 Å². The van der Waals surface area contributed by atoms with E-state index < -0.39 is 17.4 Å². The van der Waals surface area contributed by atoms with Crippen LogP contribution in [-0.4, -0.2) is 83.7 Å². The quantitative estimate of drug-likeness (QED) is 0.204. The standard InChI is InChI=1S/C10H20N2O.C8H12O2.C7H14O2.C6H10.C5H10O2/c1-9(2)8-10(13)12-6-4-11(3)5-7-12;1-4-5-10-8(9)6-7(2)3;1-5(2)7(3,4)6(8)9;1-4-5-6(2)3;1-4(2)3-5(6)7/h9H,4-8H2,1-3H3;1,7H,5-6H2,2-3H3;5H,1-4H3,(H,8,9);1,6H,5H2,2-3H3;4H,3H2,1-2H3,(H,6,7). The van der Waals surface area contributed by atoms with E-state index in [0.29, 0.717) is 36.5 Å². The average Bonchev–Trinajstić information content (AvgIpc) is 2.87. The summed E-state index contributed by atoms with van der Waals surface area (Å²) in [5.74, 6) is 5.41. The molecule has 0 aromatic carbocycles. The van der Waals surface area contributed by atoms with Crippen molar-refractivity contribution in [3.63, 3.8) is 0 Å². The number of rotatable bonds is 10. The minimum atomic E-state index is -0.725. The SMILES string of the molecule is C#CCC(C)C.C#CCOC(=O)CC(C)C.CC(C)C(C)(C)C(=O)O.CC(C)CC(=O)N1CCN(C)CC1.CC(C)CC(=O)O. The van der Waals surface area contributed by atoms with E-state index in [9.17, 15) is 19.2 Å². The second kappa shape index (κ2) is 28.4. The molecule has 1 heterocycles. The number of hydrogen-bond acceptors (Lipinski definition) is 6. The van der Waals surface area contributed by atoms with Crippen molar-refractivity contribution < 1.29 is 34.1 Å². The third-order valence-corrected chi connectivity index (χ3v) is 6.43. The van der Waals surface area contributed by atoms with E-state index in [4.69, 9.17) is 23.1 Å². The predicted molar refractivity (Wildman–Crippen MR) is 184 cm³/mol. The maximum Gasteiger partial charge on any atom is 0.309 e. The van der Waals surface area contributed by atoms with Crippen LogP contribution in [0.25, 0.3) is 0 Å². The predicted octanol–water partition coefficient (Wildman–Crippen LogP) is 6.55. The summed E-state index contributed by atoms with van der Waals surface area (Å²) in [5.41, 5.74) is -0.583. The van der Waals surface area contributed by atoms with Crippen LogP contribution >= 0.6 is 0 Å². The average molecular weight is 639 g/mol. The Morgan fingerprint density at radius 1 is 0.733 bits per heavy atom. The summed E-state index contributed by atoms with van der Waals surface area (Å²) in [7, 11) is 2.10. The summed E-state index contributed by atoms with van der Waals surface area (Å²) in [6, 6.07) is 0. The minimum absolute atomic E-state index is 0.0888. The number of nitrogens with zero attached hydrogens (tertiary/aromatic N) is 2. The number of amides is 1. The van der Waals surface area contributed by atoms with Crippen LogP contribution in [0.4, 0.5) is 0 Å². The Kier molecular flexibility index (Phi) is 30.9. The molecule has 1 amide bonds. The fraction of sp³-hybridized carbons (Fsp3) is 0.778. The van der Waals surface area contributed by atoms with Gasteiger partial charge in [0.15, 0.2) is 6.61 Å². The monoisotopic (exact) mass is 638 g/mol. The molecule has 1 aliphatic rings. The van der Waals surface area contributed by atoms with Gasteiger partial charge in [0.1, 0.15) is 0 Å². The Bertz CT molecular complexity index is 886. The maximum atomic E-state index is 11.6. The van der Waals surface area contributed by atoms with Gasteiger partial charge in [0.2, 0.25) is 5.91 Å². The molecule has 0 bridgehead atoms. The molecule has 0 saturated carbocycles. The van der Waals surface area contributed by atoms with Crippen molar-refractivity contribution in [2.75, 3.05) is 39.8 Å². The molecule has 45 heavy (non-hydrogen) atoms. The van der Waals surface area contributed by atoms with Crippen molar-refractivity contribution in [1.29, 1.82) is 0 Å². The molecule has 1 fully saturated rings. The van der Waals surface area contributed by atoms with Gasteiger partial charge in [0, 0.05) is 51.9 Å². The number of carbonyl (C=O) groups is 4. The molecular formula is C36H66N2O7. The van der Waals surface area contributed by atoms with Crippen molar-refractivity contribution in [3.05, 3.63) is 0 Å². The summed E-state index contributed by atoms with van der Waals surface area (Å²) >= 11 is 0. The van der Waals surface area contributed by atoms with E-state index in [1.165, 1.54) is 0 Å². The highest BCUT2D eigenvalue weighted by Crippen LogP contribution is 2.25. The Labute approximate surface area is 275 Å². The number of aliphatic carboxylic acids is 2. The van der Waals surface area contributed by atoms with E-state index in [2.05, 4.69) is 56.2 Å². The number of terminal acetylenes is 2. The van der Waals surface area contributed by atoms with Gasteiger partial charge in [-0.25, -0.2) is 0 Å². The van der Waals surface area contributed by atoms with E-state index in [1.54, 1.807) is 13.8 Å². The highest BCUT2D eigenvalue weighted by Gasteiger charge is 2.30. The Morgan fingerprint density at radius 2 is 1.18 bits per heavy atom.